The van der Waals surface area contributed by atoms with E-state index in [9.17, 15) is 5.11 Å². The van der Waals surface area contributed by atoms with Crippen LogP contribution in [0.5, 0.6) is 0 Å². The Balaban J connectivity index is 2.34. The van der Waals surface area contributed by atoms with Gasteiger partial charge in [0, 0.05) is 12.7 Å². The molecule has 0 spiro atoms. The van der Waals surface area contributed by atoms with E-state index in [0.29, 0.717) is 5.02 Å². The maximum Gasteiger partial charge on any atom is 0.0762 e. The molecule has 0 aliphatic carbocycles. The van der Waals surface area contributed by atoms with Gasteiger partial charge in [-0.05, 0) is 36.8 Å². The minimum atomic E-state index is -0.501. The summed E-state index contributed by atoms with van der Waals surface area (Å²) in [6.07, 6.45) is -0.501. The first kappa shape index (κ1) is 12.9. The van der Waals surface area contributed by atoms with Gasteiger partial charge in [-0.25, -0.2) is 0 Å². The first-order chi connectivity index (χ1) is 8.59. The summed E-state index contributed by atoms with van der Waals surface area (Å²) in [5.74, 6) is 0. The quantitative estimate of drug-likeness (QED) is 0.897. The molecule has 0 bridgehead atoms. The third-order valence-corrected chi connectivity index (χ3v) is 3.26. The van der Waals surface area contributed by atoms with Crippen molar-refractivity contribution in [2.45, 2.75) is 13.0 Å². The molecule has 2 aromatic carbocycles. The van der Waals surface area contributed by atoms with Gasteiger partial charge in [0.05, 0.1) is 16.8 Å². The average molecular weight is 262 g/mol. The molecule has 0 aliphatic heterocycles. The second kappa shape index (κ2) is 5.42. The van der Waals surface area contributed by atoms with Crippen molar-refractivity contribution in [2.24, 2.45) is 0 Å². The van der Waals surface area contributed by atoms with Crippen LogP contribution < -0.4 is 4.90 Å². The molecular weight excluding hydrogens is 246 g/mol. The number of para-hydroxylation sites is 1. The van der Waals surface area contributed by atoms with Gasteiger partial charge in [0.2, 0.25) is 0 Å². The van der Waals surface area contributed by atoms with Crippen LogP contribution in [0, 0.1) is 0 Å². The first-order valence-electron chi connectivity index (χ1n) is 5.86. The van der Waals surface area contributed by atoms with Crippen LogP contribution in [0.4, 0.5) is 11.4 Å². The zero-order valence-electron chi connectivity index (χ0n) is 10.5. The predicted molar refractivity (Wildman–Crippen MR) is 76.6 cm³/mol. The van der Waals surface area contributed by atoms with E-state index in [1.807, 2.05) is 54.4 Å². The highest BCUT2D eigenvalue weighted by Gasteiger charge is 2.10. The molecule has 0 radical (unpaired) electrons. The van der Waals surface area contributed by atoms with Crippen LogP contribution in [0.15, 0.2) is 48.5 Å². The van der Waals surface area contributed by atoms with E-state index in [-0.39, 0.29) is 0 Å². The van der Waals surface area contributed by atoms with Crippen LogP contribution >= 0.6 is 11.6 Å². The smallest absolute Gasteiger partial charge is 0.0762 e. The summed E-state index contributed by atoms with van der Waals surface area (Å²) in [7, 11) is 1.97. The summed E-state index contributed by atoms with van der Waals surface area (Å²) in [6, 6.07) is 15.6. The second-order valence-electron chi connectivity index (χ2n) is 4.28. The predicted octanol–water partition coefficient (Wildman–Crippen LogP) is 4.16. The van der Waals surface area contributed by atoms with Gasteiger partial charge in [-0.1, -0.05) is 35.9 Å². The van der Waals surface area contributed by atoms with Crippen LogP contribution in [0.2, 0.25) is 5.02 Å². The Bertz CT molecular complexity index is 525. The maximum atomic E-state index is 9.52. The molecule has 2 rings (SSSR count). The number of anilines is 2. The Kier molecular flexibility index (Phi) is 3.90. The van der Waals surface area contributed by atoms with Crippen molar-refractivity contribution in [1.29, 1.82) is 0 Å². The fourth-order valence-corrected chi connectivity index (χ4v) is 2.16. The van der Waals surface area contributed by atoms with Gasteiger partial charge in [0.15, 0.2) is 0 Å². The third-order valence-electron chi connectivity index (χ3n) is 2.96. The van der Waals surface area contributed by atoms with E-state index in [4.69, 9.17) is 11.6 Å². The summed E-state index contributed by atoms with van der Waals surface area (Å²) in [5, 5.41) is 10.2. The van der Waals surface area contributed by atoms with Gasteiger partial charge in [0.25, 0.3) is 0 Å². The monoisotopic (exact) mass is 261 g/mol. The Morgan fingerprint density at radius 2 is 1.78 bits per heavy atom. The zero-order chi connectivity index (χ0) is 13.1. The van der Waals surface area contributed by atoms with Crippen LogP contribution in [0.25, 0.3) is 0 Å². The SMILES string of the molecule is C[C@@H](O)c1ccc(N(C)c2ccccc2)c(Cl)c1. The van der Waals surface area contributed by atoms with Crippen molar-refractivity contribution in [3.05, 3.63) is 59.1 Å². The lowest BCUT2D eigenvalue weighted by Crippen LogP contribution is -2.10. The number of nitrogens with zero attached hydrogens (tertiary/aromatic N) is 1. The number of halogens is 1. The summed E-state index contributed by atoms with van der Waals surface area (Å²) >= 11 is 6.27. The first-order valence-corrected chi connectivity index (χ1v) is 6.23. The molecule has 2 nitrogen and oxygen atoms in total. The van der Waals surface area contributed by atoms with Gasteiger partial charge in [-0.15, -0.1) is 0 Å². The molecule has 1 atom stereocenters. The van der Waals surface area contributed by atoms with Crippen molar-refractivity contribution in [2.75, 3.05) is 11.9 Å². The van der Waals surface area contributed by atoms with Crippen LogP contribution in [0.1, 0.15) is 18.6 Å². The van der Waals surface area contributed by atoms with E-state index < -0.39 is 6.10 Å². The molecule has 0 aliphatic rings. The van der Waals surface area contributed by atoms with Gasteiger partial charge >= 0.3 is 0 Å². The van der Waals surface area contributed by atoms with E-state index >= 15 is 0 Å². The third kappa shape index (κ3) is 2.66. The lowest BCUT2D eigenvalue weighted by atomic mass is 10.1. The second-order valence-corrected chi connectivity index (χ2v) is 4.69. The van der Waals surface area contributed by atoms with E-state index in [1.165, 1.54) is 0 Å². The number of aliphatic hydroxyl groups is 1. The van der Waals surface area contributed by atoms with Gasteiger partial charge in [-0.3, -0.25) is 0 Å². The van der Waals surface area contributed by atoms with E-state index in [1.54, 1.807) is 13.0 Å². The molecule has 0 saturated carbocycles. The number of aliphatic hydroxyl groups excluding tert-OH is 1. The standard InChI is InChI=1S/C15H16ClNO/c1-11(18)12-8-9-15(14(16)10-12)17(2)13-6-4-3-5-7-13/h3-11,18H,1-2H3/t11-/m1/s1. The molecule has 94 valence electrons. The van der Waals surface area contributed by atoms with Crippen LogP contribution in [-0.2, 0) is 0 Å². The molecular formula is C15H16ClNO. The van der Waals surface area contributed by atoms with Crippen molar-refractivity contribution >= 4 is 23.0 Å². The lowest BCUT2D eigenvalue weighted by molar-refractivity contribution is 0.199. The van der Waals surface area contributed by atoms with Crippen molar-refractivity contribution in [3.63, 3.8) is 0 Å². The normalized spacial score (nSPS) is 12.2. The number of benzene rings is 2. The Labute approximate surface area is 112 Å². The number of hydrogen-bond acceptors (Lipinski definition) is 2. The average Bonchev–Trinajstić information content (AvgIpc) is 2.38. The van der Waals surface area contributed by atoms with Crippen molar-refractivity contribution in [1.82, 2.24) is 0 Å². The van der Waals surface area contributed by atoms with Crippen LogP contribution in [0.3, 0.4) is 0 Å². The zero-order valence-corrected chi connectivity index (χ0v) is 11.2. The Morgan fingerprint density at radius 3 is 2.33 bits per heavy atom. The lowest BCUT2D eigenvalue weighted by Gasteiger charge is -2.21. The molecule has 0 heterocycles. The summed E-state index contributed by atoms with van der Waals surface area (Å²) < 4.78 is 0. The van der Waals surface area contributed by atoms with Gasteiger partial charge in [0.1, 0.15) is 0 Å². The number of hydrogen-bond donors (Lipinski definition) is 1. The largest absolute Gasteiger partial charge is 0.389 e. The molecule has 1 N–H and O–H groups in total. The Morgan fingerprint density at radius 1 is 1.11 bits per heavy atom. The fraction of sp³-hybridized carbons (Fsp3) is 0.200. The highest BCUT2D eigenvalue weighted by Crippen LogP contribution is 2.32. The van der Waals surface area contributed by atoms with Gasteiger partial charge in [-0.2, -0.15) is 0 Å². The molecule has 0 saturated heterocycles. The molecule has 0 unspecified atom stereocenters. The summed E-state index contributed by atoms with van der Waals surface area (Å²) in [5.41, 5.74) is 2.82. The summed E-state index contributed by atoms with van der Waals surface area (Å²) in [4.78, 5) is 2.02. The van der Waals surface area contributed by atoms with E-state index in [0.717, 1.165) is 16.9 Å². The minimum absolute atomic E-state index is 0.501. The highest BCUT2D eigenvalue weighted by atomic mass is 35.5. The fourth-order valence-electron chi connectivity index (χ4n) is 1.85. The minimum Gasteiger partial charge on any atom is -0.389 e. The molecule has 18 heavy (non-hydrogen) atoms. The maximum absolute atomic E-state index is 9.52. The Hall–Kier alpha value is -1.51. The number of rotatable bonds is 3. The van der Waals surface area contributed by atoms with Gasteiger partial charge < -0.3 is 10.0 Å². The van der Waals surface area contributed by atoms with E-state index in [2.05, 4.69) is 0 Å². The molecule has 3 heteroatoms. The molecule has 0 amide bonds. The molecule has 0 aromatic heterocycles. The molecule has 2 aromatic rings. The van der Waals surface area contributed by atoms with Crippen molar-refractivity contribution in [3.8, 4) is 0 Å². The summed E-state index contributed by atoms with van der Waals surface area (Å²) in [6.45, 7) is 1.73. The highest BCUT2D eigenvalue weighted by molar-refractivity contribution is 6.33. The molecule has 0 fully saturated rings. The van der Waals surface area contributed by atoms with Crippen LogP contribution in [-0.4, -0.2) is 12.2 Å². The van der Waals surface area contributed by atoms with Crippen molar-refractivity contribution < 1.29 is 5.11 Å². The topological polar surface area (TPSA) is 23.5 Å².